The predicted molar refractivity (Wildman–Crippen MR) is 106 cm³/mol. The number of hydrogen-bond donors (Lipinski definition) is 2. The van der Waals surface area contributed by atoms with Crippen molar-refractivity contribution in [3.63, 3.8) is 0 Å². The quantitative estimate of drug-likeness (QED) is 0.706. The van der Waals surface area contributed by atoms with Gasteiger partial charge in [0.2, 0.25) is 12.7 Å². The first-order valence-corrected chi connectivity index (χ1v) is 8.91. The molecule has 1 amide bonds. The summed E-state index contributed by atoms with van der Waals surface area (Å²) in [7, 11) is 0. The van der Waals surface area contributed by atoms with E-state index in [1.807, 2.05) is 50.2 Å². The van der Waals surface area contributed by atoms with E-state index in [4.69, 9.17) is 9.47 Å². The zero-order valence-corrected chi connectivity index (χ0v) is 15.7. The molecule has 0 saturated heterocycles. The number of anilines is 2. The maximum Gasteiger partial charge on any atom is 0.258 e. The number of fused-ring (bicyclic) bond motifs is 1. The molecule has 0 fully saturated rings. The van der Waals surface area contributed by atoms with Crippen LogP contribution in [0.15, 0.2) is 48.8 Å². The van der Waals surface area contributed by atoms with E-state index in [0.717, 1.165) is 33.9 Å². The minimum Gasteiger partial charge on any atom is -0.454 e. The third-order valence-corrected chi connectivity index (χ3v) is 4.44. The van der Waals surface area contributed by atoms with Crippen molar-refractivity contribution in [2.45, 2.75) is 20.4 Å². The smallest absolute Gasteiger partial charge is 0.258 e. The molecule has 2 aromatic carbocycles. The lowest BCUT2D eigenvalue weighted by Crippen LogP contribution is -2.14. The molecular weight excluding hydrogens is 356 g/mol. The summed E-state index contributed by atoms with van der Waals surface area (Å²) in [6.45, 7) is 4.72. The highest BCUT2D eigenvalue weighted by molar-refractivity contribution is 6.04. The van der Waals surface area contributed by atoms with Crippen LogP contribution in [0.25, 0.3) is 0 Å². The molecule has 2 N–H and O–H groups in total. The normalized spacial score (nSPS) is 11.9. The van der Waals surface area contributed by atoms with Gasteiger partial charge in [0.1, 0.15) is 0 Å². The van der Waals surface area contributed by atoms with Crippen molar-refractivity contribution in [2.24, 2.45) is 0 Å². The number of hydrogen-bond acceptors (Lipinski definition) is 6. The van der Waals surface area contributed by atoms with Gasteiger partial charge in [0.15, 0.2) is 11.5 Å². The molecule has 1 aliphatic heterocycles. The van der Waals surface area contributed by atoms with E-state index < -0.39 is 0 Å². The summed E-state index contributed by atoms with van der Waals surface area (Å²) in [5.74, 6) is 1.69. The van der Waals surface area contributed by atoms with Crippen molar-refractivity contribution in [2.75, 3.05) is 17.4 Å². The third kappa shape index (κ3) is 3.88. The Hall–Kier alpha value is -3.61. The summed E-state index contributed by atoms with van der Waals surface area (Å²) >= 11 is 0. The SMILES string of the molecule is Cc1ccc(C)c(NC(=O)c2cnc(NCc3ccc4c(c3)OCO4)nc2)c1. The van der Waals surface area contributed by atoms with E-state index in [1.54, 1.807) is 0 Å². The van der Waals surface area contributed by atoms with Crippen LogP contribution >= 0.6 is 0 Å². The molecular formula is C21H20N4O3. The lowest BCUT2D eigenvalue weighted by atomic mass is 10.1. The molecule has 0 atom stereocenters. The van der Waals surface area contributed by atoms with Crippen molar-refractivity contribution in [3.05, 3.63) is 71.0 Å². The molecule has 0 spiro atoms. The monoisotopic (exact) mass is 376 g/mol. The number of nitrogens with one attached hydrogen (secondary N) is 2. The molecule has 1 aromatic heterocycles. The summed E-state index contributed by atoms with van der Waals surface area (Å²) in [5, 5.41) is 6.04. The fraction of sp³-hybridized carbons (Fsp3) is 0.190. The van der Waals surface area contributed by atoms with Gasteiger partial charge in [0.05, 0.1) is 5.56 Å². The van der Waals surface area contributed by atoms with Gasteiger partial charge in [0, 0.05) is 24.6 Å². The van der Waals surface area contributed by atoms with E-state index in [9.17, 15) is 4.79 Å². The van der Waals surface area contributed by atoms with Crippen molar-refractivity contribution >= 4 is 17.5 Å². The minimum absolute atomic E-state index is 0.240. The molecule has 7 heteroatoms. The second-order valence-corrected chi connectivity index (χ2v) is 6.61. The zero-order valence-electron chi connectivity index (χ0n) is 15.7. The Labute approximate surface area is 162 Å². The van der Waals surface area contributed by atoms with Crippen LogP contribution in [0.4, 0.5) is 11.6 Å². The molecule has 0 saturated carbocycles. The summed E-state index contributed by atoms with van der Waals surface area (Å²) in [6.07, 6.45) is 3.02. The average molecular weight is 376 g/mol. The molecule has 1 aliphatic rings. The van der Waals surface area contributed by atoms with Crippen molar-refractivity contribution in [1.82, 2.24) is 9.97 Å². The van der Waals surface area contributed by atoms with Crippen LogP contribution in [0.1, 0.15) is 27.0 Å². The van der Waals surface area contributed by atoms with E-state index in [-0.39, 0.29) is 12.7 Å². The fourth-order valence-corrected chi connectivity index (χ4v) is 2.83. The van der Waals surface area contributed by atoms with Gasteiger partial charge in [0.25, 0.3) is 5.91 Å². The first-order chi connectivity index (χ1) is 13.6. The maximum absolute atomic E-state index is 12.4. The van der Waals surface area contributed by atoms with Gasteiger partial charge in [-0.1, -0.05) is 18.2 Å². The topological polar surface area (TPSA) is 85.4 Å². The molecule has 0 bridgehead atoms. The van der Waals surface area contributed by atoms with Crippen molar-refractivity contribution < 1.29 is 14.3 Å². The van der Waals surface area contributed by atoms with E-state index >= 15 is 0 Å². The highest BCUT2D eigenvalue weighted by Crippen LogP contribution is 2.32. The van der Waals surface area contributed by atoms with Crippen LogP contribution in [-0.2, 0) is 6.54 Å². The minimum atomic E-state index is -0.240. The standard InChI is InChI=1S/C21H20N4O3/c1-13-3-4-14(2)17(7-13)25-20(26)16-10-23-21(24-11-16)22-9-15-5-6-18-19(8-15)28-12-27-18/h3-8,10-11H,9,12H2,1-2H3,(H,25,26)(H,22,23,24). The Kier molecular flexibility index (Phi) is 4.80. The number of aromatic nitrogens is 2. The molecule has 142 valence electrons. The summed E-state index contributed by atoms with van der Waals surface area (Å²) in [4.78, 5) is 20.9. The molecule has 0 radical (unpaired) electrons. The van der Waals surface area contributed by atoms with Gasteiger partial charge in [-0.3, -0.25) is 4.79 Å². The Balaban J connectivity index is 1.38. The molecule has 2 heterocycles. The molecule has 28 heavy (non-hydrogen) atoms. The maximum atomic E-state index is 12.4. The Morgan fingerprint density at radius 2 is 1.82 bits per heavy atom. The third-order valence-electron chi connectivity index (χ3n) is 4.44. The van der Waals surface area contributed by atoms with Gasteiger partial charge in [-0.15, -0.1) is 0 Å². The summed E-state index contributed by atoms with van der Waals surface area (Å²) in [5.41, 5.74) is 4.29. The number of rotatable bonds is 5. The van der Waals surface area contributed by atoms with Crippen molar-refractivity contribution in [1.29, 1.82) is 0 Å². The highest BCUT2D eigenvalue weighted by atomic mass is 16.7. The number of carbonyl (C=O) groups is 1. The Bertz CT molecular complexity index is 1020. The van der Waals surface area contributed by atoms with Gasteiger partial charge < -0.3 is 20.1 Å². The second-order valence-electron chi connectivity index (χ2n) is 6.61. The number of aryl methyl sites for hydroxylation is 2. The summed E-state index contributed by atoms with van der Waals surface area (Å²) in [6, 6.07) is 11.7. The Morgan fingerprint density at radius 1 is 1.04 bits per heavy atom. The van der Waals surface area contributed by atoms with Gasteiger partial charge in [-0.2, -0.15) is 0 Å². The Morgan fingerprint density at radius 3 is 2.64 bits per heavy atom. The second kappa shape index (κ2) is 7.56. The van der Waals surface area contributed by atoms with E-state index in [1.165, 1.54) is 12.4 Å². The lowest BCUT2D eigenvalue weighted by Gasteiger charge is -2.10. The van der Waals surface area contributed by atoms with Crippen molar-refractivity contribution in [3.8, 4) is 11.5 Å². The number of nitrogens with zero attached hydrogens (tertiary/aromatic N) is 2. The van der Waals surface area contributed by atoms with Crippen LogP contribution in [0.5, 0.6) is 11.5 Å². The van der Waals surface area contributed by atoms with Crippen LogP contribution < -0.4 is 20.1 Å². The zero-order chi connectivity index (χ0) is 19.5. The molecule has 3 aromatic rings. The van der Waals surface area contributed by atoms with Crippen LogP contribution in [0.2, 0.25) is 0 Å². The van der Waals surface area contributed by atoms with Crippen LogP contribution in [0, 0.1) is 13.8 Å². The average Bonchev–Trinajstić information content (AvgIpc) is 3.17. The predicted octanol–water partition coefficient (Wildman–Crippen LogP) is 3.69. The lowest BCUT2D eigenvalue weighted by molar-refractivity contribution is 0.102. The first-order valence-electron chi connectivity index (χ1n) is 8.91. The highest BCUT2D eigenvalue weighted by Gasteiger charge is 2.13. The van der Waals surface area contributed by atoms with Crippen LogP contribution in [-0.4, -0.2) is 22.7 Å². The largest absolute Gasteiger partial charge is 0.454 e. The number of amides is 1. The number of benzene rings is 2. The molecule has 0 aliphatic carbocycles. The first kappa shape index (κ1) is 17.8. The fourth-order valence-electron chi connectivity index (χ4n) is 2.83. The van der Waals surface area contributed by atoms with Gasteiger partial charge >= 0.3 is 0 Å². The molecule has 0 unspecified atom stereocenters. The molecule has 7 nitrogen and oxygen atoms in total. The van der Waals surface area contributed by atoms with Gasteiger partial charge in [-0.05, 0) is 48.7 Å². The number of carbonyl (C=O) groups excluding carboxylic acids is 1. The van der Waals surface area contributed by atoms with Crippen LogP contribution in [0.3, 0.4) is 0 Å². The van der Waals surface area contributed by atoms with E-state index in [2.05, 4.69) is 20.6 Å². The van der Waals surface area contributed by atoms with E-state index in [0.29, 0.717) is 18.1 Å². The number of ether oxygens (including phenoxy) is 2. The van der Waals surface area contributed by atoms with Gasteiger partial charge in [-0.25, -0.2) is 9.97 Å². The molecule has 4 rings (SSSR count). The summed E-state index contributed by atoms with van der Waals surface area (Å²) < 4.78 is 10.7.